The molecule has 1 aromatic carbocycles. The van der Waals surface area contributed by atoms with Crippen molar-refractivity contribution in [1.82, 2.24) is 0 Å². The van der Waals surface area contributed by atoms with Crippen LogP contribution in [0.5, 0.6) is 0 Å². The van der Waals surface area contributed by atoms with Crippen LogP contribution in [-0.2, 0) is 14.4 Å². The molecule has 1 aliphatic rings. The molecule has 3 atom stereocenters. The molecule has 186 valence electrons. The van der Waals surface area contributed by atoms with E-state index in [0.717, 1.165) is 49.1 Å². The van der Waals surface area contributed by atoms with Crippen LogP contribution in [0.4, 0.5) is 5.69 Å². The summed E-state index contributed by atoms with van der Waals surface area (Å²) in [6.45, 7) is 4.21. The van der Waals surface area contributed by atoms with Gasteiger partial charge in [-0.3, -0.25) is 14.4 Å². The first-order valence-corrected chi connectivity index (χ1v) is 13.5. The Bertz CT molecular complexity index is 722. The van der Waals surface area contributed by atoms with Gasteiger partial charge in [0.25, 0.3) is 0 Å². The molecule has 33 heavy (non-hydrogen) atoms. The van der Waals surface area contributed by atoms with E-state index in [1.54, 1.807) is 11.8 Å². The second kappa shape index (κ2) is 16.6. The maximum atomic E-state index is 12.3. The van der Waals surface area contributed by atoms with Crippen LogP contribution in [0.3, 0.4) is 0 Å². The molecule has 0 aromatic heterocycles. The third kappa shape index (κ3) is 11.1. The number of anilines is 1. The number of rotatable bonds is 12. The molecule has 1 amide bonds. The van der Waals surface area contributed by atoms with E-state index in [4.69, 9.17) is 5.11 Å². The van der Waals surface area contributed by atoms with Crippen molar-refractivity contribution in [3.05, 3.63) is 24.3 Å². The van der Waals surface area contributed by atoms with Crippen LogP contribution >= 0.6 is 11.8 Å². The van der Waals surface area contributed by atoms with E-state index in [0.29, 0.717) is 12.8 Å². The summed E-state index contributed by atoms with van der Waals surface area (Å²) in [6, 6.07) is 7.58. The van der Waals surface area contributed by atoms with E-state index in [9.17, 15) is 19.5 Å². The number of carbonyl (C=O) groups excluding carboxylic acids is 1. The SMILES string of the molecule is CCCCCCC(CCC)C(=O)O.CSc1ccc(NC(=O)C2CCCCC2C(=O)O)cc1. The third-order valence-corrected chi connectivity index (χ3v) is 6.91. The van der Waals surface area contributed by atoms with Crippen molar-refractivity contribution in [1.29, 1.82) is 0 Å². The molecule has 2 rings (SSSR count). The Morgan fingerprint density at radius 2 is 1.58 bits per heavy atom. The van der Waals surface area contributed by atoms with E-state index in [-0.39, 0.29) is 11.8 Å². The Morgan fingerprint density at radius 3 is 2.09 bits per heavy atom. The summed E-state index contributed by atoms with van der Waals surface area (Å²) in [7, 11) is 0. The van der Waals surface area contributed by atoms with Gasteiger partial charge in [-0.05, 0) is 56.2 Å². The molecule has 3 unspecified atom stereocenters. The molecule has 0 saturated heterocycles. The number of amides is 1. The van der Waals surface area contributed by atoms with Crippen LogP contribution < -0.4 is 5.32 Å². The van der Waals surface area contributed by atoms with Gasteiger partial charge in [0.15, 0.2) is 0 Å². The van der Waals surface area contributed by atoms with Crippen molar-refractivity contribution in [3.8, 4) is 0 Å². The predicted octanol–water partition coefficient (Wildman–Crippen LogP) is 6.70. The first-order valence-electron chi connectivity index (χ1n) is 12.2. The third-order valence-electron chi connectivity index (χ3n) is 6.17. The number of carboxylic acids is 2. The zero-order chi connectivity index (χ0) is 24.6. The maximum absolute atomic E-state index is 12.3. The molecule has 3 N–H and O–H groups in total. The Kier molecular flexibility index (Phi) is 14.6. The zero-order valence-electron chi connectivity index (χ0n) is 20.3. The van der Waals surface area contributed by atoms with Gasteiger partial charge in [0.2, 0.25) is 5.91 Å². The highest BCUT2D eigenvalue weighted by Gasteiger charge is 2.35. The standard InChI is InChI=1S/C15H19NO3S.C11H22O2/c1-20-11-8-6-10(7-9-11)16-14(17)12-4-2-3-5-13(12)15(18)19;1-3-5-6-7-9-10(8-4-2)11(12)13/h6-9,12-13H,2-5H2,1H3,(H,16,17)(H,18,19);10H,3-9H2,1-2H3,(H,12,13). The number of hydrogen-bond acceptors (Lipinski definition) is 4. The molecule has 6 nitrogen and oxygen atoms in total. The summed E-state index contributed by atoms with van der Waals surface area (Å²) in [5, 5.41) is 20.9. The molecule has 1 aliphatic carbocycles. The van der Waals surface area contributed by atoms with Crippen molar-refractivity contribution in [2.45, 2.75) is 89.4 Å². The fourth-order valence-electron chi connectivity index (χ4n) is 4.21. The molecule has 1 aromatic rings. The highest BCUT2D eigenvalue weighted by molar-refractivity contribution is 7.98. The van der Waals surface area contributed by atoms with Crippen LogP contribution in [0.1, 0.15) is 84.5 Å². The summed E-state index contributed by atoms with van der Waals surface area (Å²) in [5.41, 5.74) is 0.725. The van der Waals surface area contributed by atoms with E-state index in [1.165, 1.54) is 19.3 Å². The molecule has 0 heterocycles. The highest BCUT2D eigenvalue weighted by atomic mass is 32.2. The van der Waals surface area contributed by atoms with Crippen molar-refractivity contribution in [3.63, 3.8) is 0 Å². The largest absolute Gasteiger partial charge is 0.481 e. The molecule has 0 bridgehead atoms. The first kappa shape index (κ1) is 29.0. The average molecular weight is 480 g/mol. The molecule has 0 radical (unpaired) electrons. The minimum absolute atomic E-state index is 0.0955. The van der Waals surface area contributed by atoms with Crippen LogP contribution in [0.15, 0.2) is 29.2 Å². The fourth-order valence-corrected chi connectivity index (χ4v) is 4.62. The Morgan fingerprint density at radius 1 is 0.939 bits per heavy atom. The number of carbonyl (C=O) groups is 3. The van der Waals surface area contributed by atoms with Gasteiger partial charge in [-0.15, -0.1) is 11.8 Å². The molecular formula is C26H41NO5S. The lowest BCUT2D eigenvalue weighted by Crippen LogP contribution is -2.36. The van der Waals surface area contributed by atoms with Crippen molar-refractivity contribution in [2.24, 2.45) is 17.8 Å². The zero-order valence-corrected chi connectivity index (χ0v) is 21.2. The summed E-state index contributed by atoms with van der Waals surface area (Å²) in [4.78, 5) is 35.4. The van der Waals surface area contributed by atoms with Crippen LogP contribution in [0, 0.1) is 17.8 Å². The molecule has 7 heteroatoms. The van der Waals surface area contributed by atoms with Crippen molar-refractivity contribution < 1.29 is 24.6 Å². The minimum Gasteiger partial charge on any atom is -0.481 e. The highest BCUT2D eigenvalue weighted by Crippen LogP contribution is 2.31. The fraction of sp³-hybridized carbons (Fsp3) is 0.654. The minimum atomic E-state index is -0.859. The second-order valence-electron chi connectivity index (χ2n) is 8.73. The van der Waals surface area contributed by atoms with Gasteiger partial charge < -0.3 is 15.5 Å². The number of carboxylic acid groups (broad SMARTS) is 2. The van der Waals surface area contributed by atoms with Gasteiger partial charge in [0.1, 0.15) is 0 Å². The number of hydrogen-bond donors (Lipinski definition) is 3. The number of benzene rings is 1. The molecule has 1 fully saturated rings. The van der Waals surface area contributed by atoms with Crippen LogP contribution in [0.2, 0.25) is 0 Å². The van der Waals surface area contributed by atoms with Crippen molar-refractivity contribution in [2.75, 3.05) is 11.6 Å². The van der Waals surface area contributed by atoms with E-state index >= 15 is 0 Å². The Labute approximate surface area is 202 Å². The Balaban J connectivity index is 0.000000366. The second-order valence-corrected chi connectivity index (χ2v) is 9.61. The number of unbranched alkanes of at least 4 members (excludes halogenated alkanes) is 3. The first-order chi connectivity index (χ1) is 15.8. The van der Waals surface area contributed by atoms with E-state index < -0.39 is 23.8 Å². The summed E-state index contributed by atoms with van der Waals surface area (Å²) < 4.78 is 0. The van der Waals surface area contributed by atoms with Gasteiger partial charge in [-0.1, -0.05) is 58.8 Å². The summed E-state index contributed by atoms with van der Waals surface area (Å²) in [5.74, 6) is -2.70. The number of thioether (sulfide) groups is 1. The number of aliphatic carboxylic acids is 2. The average Bonchev–Trinajstić information content (AvgIpc) is 2.81. The van der Waals surface area contributed by atoms with Gasteiger partial charge >= 0.3 is 11.9 Å². The van der Waals surface area contributed by atoms with Gasteiger partial charge in [0, 0.05) is 10.6 Å². The van der Waals surface area contributed by atoms with Gasteiger partial charge in [-0.2, -0.15) is 0 Å². The van der Waals surface area contributed by atoms with E-state index in [1.807, 2.05) is 37.4 Å². The molecular weight excluding hydrogens is 438 g/mol. The summed E-state index contributed by atoms with van der Waals surface area (Å²) in [6.07, 6.45) is 12.4. The molecule has 0 aliphatic heterocycles. The van der Waals surface area contributed by atoms with Gasteiger partial charge in [-0.25, -0.2) is 0 Å². The molecule has 0 spiro atoms. The smallest absolute Gasteiger partial charge is 0.307 e. The maximum Gasteiger partial charge on any atom is 0.307 e. The molecule has 1 saturated carbocycles. The predicted molar refractivity (Wildman–Crippen MR) is 135 cm³/mol. The quantitative estimate of drug-likeness (QED) is 0.228. The van der Waals surface area contributed by atoms with E-state index in [2.05, 4.69) is 12.2 Å². The summed E-state index contributed by atoms with van der Waals surface area (Å²) >= 11 is 1.64. The Hall–Kier alpha value is -2.02. The van der Waals surface area contributed by atoms with Crippen molar-refractivity contribution >= 4 is 35.3 Å². The van der Waals surface area contributed by atoms with Crippen LogP contribution in [-0.4, -0.2) is 34.3 Å². The lowest BCUT2D eigenvalue weighted by Gasteiger charge is -2.27. The lowest BCUT2D eigenvalue weighted by atomic mass is 9.78. The lowest BCUT2D eigenvalue weighted by molar-refractivity contribution is -0.147. The number of nitrogens with one attached hydrogen (secondary N) is 1. The normalized spacial score (nSPS) is 18.5. The van der Waals surface area contributed by atoms with Crippen LogP contribution in [0.25, 0.3) is 0 Å². The topological polar surface area (TPSA) is 104 Å². The monoisotopic (exact) mass is 479 g/mol. The van der Waals surface area contributed by atoms with Gasteiger partial charge in [0.05, 0.1) is 17.8 Å².